The number of pyridine rings is 1. The van der Waals surface area contributed by atoms with Crippen molar-refractivity contribution >= 4 is 11.5 Å². The van der Waals surface area contributed by atoms with E-state index >= 15 is 0 Å². The molecule has 0 saturated carbocycles. The Morgan fingerprint density at radius 1 is 1.27 bits per heavy atom. The van der Waals surface area contributed by atoms with E-state index in [2.05, 4.69) is 4.98 Å². The van der Waals surface area contributed by atoms with Crippen LogP contribution >= 0.6 is 0 Å². The summed E-state index contributed by atoms with van der Waals surface area (Å²) < 4.78 is 0. The second-order valence-corrected chi connectivity index (χ2v) is 3.70. The van der Waals surface area contributed by atoms with Crippen LogP contribution in [-0.2, 0) is 4.79 Å². The molecule has 3 nitrogen and oxygen atoms in total. The third-order valence-corrected chi connectivity index (χ3v) is 2.56. The van der Waals surface area contributed by atoms with Crippen molar-refractivity contribution in [1.82, 2.24) is 4.98 Å². The predicted octanol–water partition coefficient (Wildman–Crippen LogP) is 1.98. The van der Waals surface area contributed by atoms with Gasteiger partial charge in [-0.2, -0.15) is 0 Å². The number of allylic oxidation sites excluding steroid dienone is 1. The molecule has 0 radical (unpaired) electrons. The molecular formula is C12H16N2O. The van der Waals surface area contributed by atoms with Gasteiger partial charge in [-0.25, -0.2) is 0 Å². The van der Waals surface area contributed by atoms with Crippen molar-refractivity contribution in [3.8, 4) is 0 Å². The van der Waals surface area contributed by atoms with E-state index in [1.807, 2.05) is 32.9 Å². The van der Waals surface area contributed by atoms with Crippen LogP contribution in [0.1, 0.15) is 30.8 Å². The summed E-state index contributed by atoms with van der Waals surface area (Å²) in [6.07, 6.45) is 0. The van der Waals surface area contributed by atoms with Crippen LogP contribution < -0.4 is 5.73 Å². The Hall–Kier alpha value is -1.64. The fraction of sp³-hybridized carbons (Fsp3) is 0.333. The van der Waals surface area contributed by atoms with E-state index in [4.69, 9.17) is 5.73 Å². The number of amides is 1. The molecule has 0 aliphatic carbocycles. The molecule has 2 N–H and O–H groups in total. The minimum Gasteiger partial charge on any atom is -0.366 e. The van der Waals surface area contributed by atoms with Crippen molar-refractivity contribution in [3.05, 3.63) is 34.7 Å². The largest absolute Gasteiger partial charge is 0.366 e. The van der Waals surface area contributed by atoms with Gasteiger partial charge in [0, 0.05) is 17.0 Å². The topological polar surface area (TPSA) is 56.0 Å². The van der Waals surface area contributed by atoms with Crippen LogP contribution in [0, 0.1) is 13.8 Å². The first-order valence-corrected chi connectivity index (χ1v) is 4.85. The Labute approximate surface area is 90.0 Å². The van der Waals surface area contributed by atoms with Gasteiger partial charge in [-0.1, -0.05) is 6.07 Å². The minimum atomic E-state index is -0.382. The van der Waals surface area contributed by atoms with Gasteiger partial charge in [0.2, 0.25) is 5.91 Å². The van der Waals surface area contributed by atoms with Crippen LogP contribution in [0.15, 0.2) is 17.7 Å². The fourth-order valence-electron chi connectivity index (χ4n) is 1.47. The molecule has 3 heteroatoms. The Morgan fingerprint density at radius 2 is 1.87 bits per heavy atom. The highest BCUT2D eigenvalue weighted by Crippen LogP contribution is 2.20. The van der Waals surface area contributed by atoms with Gasteiger partial charge >= 0.3 is 0 Å². The van der Waals surface area contributed by atoms with Crippen LogP contribution in [0.5, 0.6) is 0 Å². The third kappa shape index (κ3) is 2.43. The van der Waals surface area contributed by atoms with E-state index in [0.717, 1.165) is 22.5 Å². The van der Waals surface area contributed by atoms with Gasteiger partial charge in [0.1, 0.15) is 0 Å². The molecule has 1 heterocycles. The number of nitrogens with two attached hydrogens (primary N) is 1. The average molecular weight is 204 g/mol. The SMILES string of the molecule is C/C(C(N)=O)=C(/C)c1ccc(C)nc1C. The zero-order valence-corrected chi connectivity index (χ0v) is 9.59. The van der Waals surface area contributed by atoms with Gasteiger partial charge < -0.3 is 5.73 Å². The van der Waals surface area contributed by atoms with Crippen LogP contribution in [0.2, 0.25) is 0 Å². The van der Waals surface area contributed by atoms with Crippen molar-refractivity contribution < 1.29 is 4.79 Å². The number of carbonyl (C=O) groups is 1. The van der Waals surface area contributed by atoms with Crippen LogP contribution in [0.25, 0.3) is 5.57 Å². The summed E-state index contributed by atoms with van der Waals surface area (Å²) in [4.78, 5) is 15.4. The number of aromatic nitrogens is 1. The lowest BCUT2D eigenvalue weighted by atomic mass is 10.0. The Bertz CT molecular complexity index is 433. The number of hydrogen-bond acceptors (Lipinski definition) is 2. The van der Waals surface area contributed by atoms with Gasteiger partial charge in [0.15, 0.2) is 0 Å². The molecule has 1 aromatic rings. The zero-order valence-electron chi connectivity index (χ0n) is 9.59. The summed E-state index contributed by atoms with van der Waals surface area (Å²) in [5.41, 5.74) is 9.60. The van der Waals surface area contributed by atoms with Crippen molar-refractivity contribution in [3.63, 3.8) is 0 Å². The molecule has 0 aliphatic heterocycles. The molecule has 0 saturated heterocycles. The highest BCUT2D eigenvalue weighted by molar-refractivity contribution is 5.99. The van der Waals surface area contributed by atoms with Crippen LogP contribution in [0.4, 0.5) is 0 Å². The highest BCUT2D eigenvalue weighted by atomic mass is 16.1. The molecule has 1 amide bonds. The first-order valence-electron chi connectivity index (χ1n) is 4.85. The molecule has 1 aromatic heterocycles. The Kier molecular flexibility index (Phi) is 3.24. The standard InChI is InChI=1S/C12H16N2O/c1-7-5-6-11(10(4)14-7)8(2)9(3)12(13)15/h5-6H,1-4H3,(H2,13,15)/b9-8+. The fourth-order valence-corrected chi connectivity index (χ4v) is 1.47. The monoisotopic (exact) mass is 204 g/mol. The minimum absolute atomic E-state index is 0.382. The van der Waals surface area contributed by atoms with Gasteiger partial charge in [0.25, 0.3) is 0 Å². The quantitative estimate of drug-likeness (QED) is 0.749. The van der Waals surface area contributed by atoms with Crippen molar-refractivity contribution in [2.45, 2.75) is 27.7 Å². The number of carbonyl (C=O) groups excluding carboxylic acids is 1. The van der Waals surface area contributed by atoms with E-state index < -0.39 is 0 Å². The molecule has 0 atom stereocenters. The van der Waals surface area contributed by atoms with Gasteiger partial charge in [-0.15, -0.1) is 0 Å². The Balaban J connectivity index is 3.29. The van der Waals surface area contributed by atoms with Crippen LogP contribution in [-0.4, -0.2) is 10.9 Å². The molecule has 0 unspecified atom stereocenters. The third-order valence-electron chi connectivity index (χ3n) is 2.56. The molecule has 0 aliphatic rings. The molecular weight excluding hydrogens is 188 g/mol. The van der Waals surface area contributed by atoms with Gasteiger partial charge in [-0.3, -0.25) is 9.78 Å². The molecule has 15 heavy (non-hydrogen) atoms. The summed E-state index contributed by atoms with van der Waals surface area (Å²) in [5, 5.41) is 0. The molecule has 0 aromatic carbocycles. The summed E-state index contributed by atoms with van der Waals surface area (Å²) in [5.74, 6) is -0.382. The number of primary amides is 1. The highest BCUT2D eigenvalue weighted by Gasteiger charge is 2.08. The van der Waals surface area contributed by atoms with Crippen molar-refractivity contribution in [2.24, 2.45) is 5.73 Å². The number of nitrogens with zero attached hydrogens (tertiary/aromatic N) is 1. The summed E-state index contributed by atoms with van der Waals surface area (Å²) in [6.45, 7) is 7.49. The molecule has 1 rings (SSSR count). The summed E-state index contributed by atoms with van der Waals surface area (Å²) >= 11 is 0. The molecule has 0 bridgehead atoms. The lowest BCUT2D eigenvalue weighted by Crippen LogP contribution is -2.13. The van der Waals surface area contributed by atoms with E-state index in [-0.39, 0.29) is 5.91 Å². The number of rotatable bonds is 2. The Morgan fingerprint density at radius 3 is 2.33 bits per heavy atom. The van der Waals surface area contributed by atoms with Gasteiger partial charge in [0.05, 0.1) is 0 Å². The molecule has 0 fully saturated rings. The van der Waals surface area contributed by atoms with E-state index in [9.17, 15) is 4.79 Å². The predicted molar refractivity (Wildman–Crippen MR) is 61.2 cm³/mol. The van der Waals surface area contributed by atoms with E-state index in [1.54, 1.807) is 6.92 Å². The maximum atomic E-state index is 11.0. The smallest absolute Gasteiger partial charge is 0.244 e. The maximum Gasteiger partial charge on any atom is 0.244 e. The first-order chi connectivity index (χ1) is 6.93. The van der Waals surface area contributed by atoms with Gasteiger partial charge in [-0.05, 0) is 44.9 Å². The molecule has 80 valence electrons. The van der Waals surface area contributed by atoms with E-state index in [1.165, 1.54) is 0 Å². The number of aryl methyl sites for hydroxylation is 2. The van der Waals surface area contributed by atoms with Crippen molar-refractivity contribution in [2.75, 3.05) is 0 Å². The normalized spacial score (nSPS) is 12.3. The second kappa shape index (κ2) is 4.26. The van der Waals surface area contributed by atoms with Crippen molar-refractivity contribution in [1.29, 1.82) is 0 Å². The maximum absolute atomic E-state index is 11.0. The number of hydrogen-bond donors (Lipinski definition) is 1. The first kappa shape index (κ1) is 11.4. The summed E-state index contributed by atoms with van der Waals surface area (Å²) in [6, 6.07) is 3.90. The lowest BCUT2D eigenvalue weighted by Gasteiger charge is -2.08. The van der Waals surface area contributed by atoms with Crippen LogP contribution in [0.3, 0.4) is 0 Å². The summed E-state index contributed by atoms with van der Waals surface area (Å²) in [7, 11) is 0. The average Bonchev–Trinajstić information content (AvgIpc) is 2.15. The van der Waals surface area contributed by atoms with E-state index in [0.29, 0.717) is 5.57 Å². The zero-order chi connectivity index (χ0) is 11.6. The molecule has 0 spiro atoms. The lowest BCUT2D eigenvalue weighted by molar-refractivity contribution is -0.114. The second-order valence-electron chi connectivity index (χ2n) is 3.70.